The van der Waals surface area contributed by atoms with E-state index in [1.165, 1.54) is 18.2 Å². The Balaban J connectivity index is 2.46. The molecular formula is C15H16F2N2. The molecule has 0 amide bonds. The molecule has 4 heteroatoms. The quantitative estimate of drug-likeness (QED) is 0.912. The summed E-state index contributed by atoms with van der Waals surface area (Å²) in [6.45, 7) is 1.74. The zero-order chi connectivity index (χ0) is 14.0. The normalized spacial score (nSPS) is 12.3. The molecule has 0 bridgehead atoms. The molecule has 0 spiro atoms. The van der Waals surface area contributed by atoms with E-state index in [1.54, 1.807) is 43.1 Å². The number of anilines is 2. The number of nitrogens with zero attached hydrogens (tertiary/aromatic N) is 1. The molecule has 0 aliphatic rings. The molecule has 0 heterocycles. The van der Waals surface area contributed by atoms with Crippen LogP contribution in [-0.2, 0) is 0 Å². The Morgan fingerprint density at radius 3 is 2.26 bits per heavy atom. The van der Waals surface area contributed by atoms with E-state index in [-0.39, 0.29) is 11.6 Å². The van der Waals surface area contributed by atoms with Gasteiger partial charge >= 0.3 is 0 Å². The Labute approximate surface area is 111 Å². The molecule has 100 valence electrons. The van der Waals surface area contributed by atoms with Crippen LogP contribution in [0.5, 0.6) is 0 Å². The van der Waals surface area contributed by atoms with Crippen molar-refractivity contribution in [3.05, 3.63) is 59.7 Å². The minimum absolute atomic E-state index is 0.302. The maximum Gasteiger partial charge on any atom is 0.130 e. The van der Waals surface area contributed by atoms with Crippen molar-refractivity contribution < 1.29 is 8.78 Å². The molecule has 2 aromatic carbocycles. The van der Waals surface area contributed by atoms with Gasteiger partial charge in [-0.1, -0.05) is 6.07 Å². The second-order valence-corrected chi connectivity index (χ2v) is 4.50. The molecule has 2 aromatic rings. The van der Waals surface area contributed by atoms with Crippen LogP contribution >= 0.6 is 0 Å². The monoisotopic (exact) mass is 262 g/mol. The zero-order valence-electron chi connectivity index (χ0n) is 10.9. The van der Waals surface area contributed by atoms with Crippen LogP contribution in [0, 0.1) is 11.6 Å². The van der Waals surface area contributed by atoms with Gasteiger partial charge < -0.3 is 10.6 Å². The van der Waals surface area contributed by atoms with Crippen molar-refractivity contribution >= 4 is 11.4 Å². The maximum absolute atomic E-state index is 13.9. The molecule has 1 atom stereocenters. The van der Waals surface area contributed by atoms with Crippen molar-refractivity contribution in [2.24, 2.45) is 5.73 Å². The van der Waals surface area contributed by atoms with Crippen molar-refractivity contribution in [2.45, 2.75) is 13.0 Å². The SMILES string of the molecule is C[C@H](N)c1c(F)cccc1N(C)c1ccc(F)cc1. The molecule has 0 saturated heterocycles. The fourth-order valence-electron chi connectivity index (χ4n) is 2.07. The molecule has 0 fully saturated rings. The van der Waals surface area contributed by atoms with E-state index < -0.39 is 6.04 Å². The summed E-state index contributed by atoms with van der Waals surface area (Å²) < 4.78 is 26.8. The summed E-state index contributed by atoms with van der Waals surface area (Å²) in [5.74, 6) is -0.634. The van der Waals surface area contributed by atoms with Crippen LogP contribution in [0.4, 0.5) is 20.2 Å². The fourth-order valence-corrected chi connectivity index (χ4v) is 2.07. The predicted molar refractivity (Wildman–Crippen MR) is 73.5 cm³/mol. The van der Waals surface area contributed by atoms with Crippen LogP contribution in [0.1, 0.15) is 18.5 Å². The molecule has 0 aromatic heterocycles. The molecule has 2 rings (SSSR count). The molecule has 0 unspecified atom stereocenters. The predicted octanol–water partition coefficient (Wildman–Crippen LogP) is 3.75. The first kappa shape index (κ1) is 13.5. The Bertz CT molecular complexity index is 565. The molecule has 0 aliphatic carbocycles. The maximum atomic E-state index is 13.9. The lowest BCUT2D eigenvalue weighted by Gasteiger charge is -2.24. The topological polar surface area (TPSA) is 29.3 Å². The minimum Gasteiger partial charge on any atom is -0.344 e. The van der Waals surface area contributed by atoms with E-state index in [0.29, 0.717) is 11.3 Å². The summed E-state index contributed by atoms with van der Waals surface area (Å²) in [6.07, 6.45) is 0. The van der Waals surface area contributed by atoms with Gasteiger partial charge in [0.2, 0.25) is 0 Å². The van der Waals surface area contributed by atoms with Crippen LogP contribution in [0.15, 0.2) is 42.5 Å². The van der Waals surface area contributed by atoms with Gasteiger partial charge in [0.15, 0.2) is 0 Å². The molecule has 0 saturated carbocycles. The van der Waals surface area contributed by atoms with Crippen molar-refractivity contribution in [1.82, 2.24) is 0 Å². The second kappa shape index (κ2) is 5.36. The Hall–Kier alpha value is -1.94. The first-order valence-electron chi connectivity index (χ1n) is 6.04. The lowest BCUT2D eigenvalue weighted by atomic mass is 10.0. The van der Waals surface area contributed by atoms with Crippen molar-refractivity contribution in [2.75, 3.05) is 11.9 Å². The third-order valence-corrected chi connectivity index (χ3v) is 3.06. The molecule has 2 nitrogen and oxygen atoms in total. The lowest BCUT2D eigenvalue weighted by molar-refractivity contribution is 0.594. The highest BCUT2D eigenvalue weighted by Gasteiger charge is 2.16. The van der Waals surface area contributed by atoms with Crippen molar-refractivity contribution in [3.63, 3.8) is 0 Å². The highest BCUT2D eigenvalue weighted by Crippen LogP contribution is 2.31. The standard InChI is InChI=1S/C15H16F2N2/c1-10(18)15-13(17)4-3-5-14(15)19(2)12-8-6-11(16)7-9-12/h3-10H,18H2,1-2H3/t10-/m0/s1. The van der Waals surface area contributed by atoms with Gasteiger partial charge in [0.25, 0.3) is 0 Å². The van der Waals surface area contributed by atoms with Gasteiger partial charge in [-0.05, 0) is 43.3 Å². The van der Waals surface area contributed by atoms with Crippen LogP contribution in [0.25, 0.3) is 0 Å². The number of nitrogens with two attached hydrogens (primary N) is 1. The van der Waals surface area contributed by atoms with E-state index in [9.17, 15) is 8.78 Å². The number of halogens is 2. The van der Waals surface area contributed by atoms with Crippen LogP contribution in [0.3, 0.4) is 0 Å². The fraction of sp³-hybridized carbons (Fsp3) is 0.200. The Kier molecular flexibility index (Phi) is 3.81. The second-order valence-electron chi connectivity index (χ2n) is 4.50. The average molecular weight is 262 g/mol. The van der Waals surface area contributed by atoms with Gasteiger partial charge in [0.05, 0.1) is 0 Å². The van der Waals surface area contributed by atoms with Gasteiger partial charge in [-0.3, -0.25) is 0 Å². The number of hydrogen-bond donors (Lipinski definition) is 1. The summed E-state index contributed by atoms with van der Waals surface area (Å²) >= 11 is 0. The minimum atomic E-state index is -0.418. The summed E-state index contributed by atoms with van der Waals surface area (Å²) in [6, 6.07) is 10.4. The largest absolute Gasteiger partial charge is 0.344 e. The van der Waals surface area contributed by atoms with Gasteiger partial charge in [-0.2, -0.15) is 0 Å². The van der Waals surface area contributed by atoms with Crippen LogP contribution < -0.4 is 10.6 Å². The smallest absolute Gasteiger partial charge is 0.130 e. The summed E-state index contributed by atoms with van der Waals surface area (Å²) in [5, 5.41) is 0. The summed E-state index contributed by atoms with van der Waals surface area (Å²) in [5.41, 5.74) is 7.74. The van der Waals surface area contributed by atoms with E-state index in [0.717, 1.165) is 5.69 Å². The lowest BCUT2D eigenvalue weighted by Crippen LogP contribution is -2.17. The van der Waals surface area contributed by atoms with E-state index in [4.69, 9.17) is 5.73 Å². The summed E-state index contributed by atoms with van der Waals surface area (Å²) in [4.78, 5) is 1.79. The van der Waals surface area contributed by atoms with Crippen LogP contribution in [0.2, 0.25) is 0 Å². The Morgan fingerprint density at radius 2 is 1.68 bits per heavy atom. The number of rotatable bonds is 3. The molecule has 0 aliphatic heterocycles. The number of hydrogen-bond acceptors (Lipinski definition) is 2. The highest BCUT2D eigenvalue weighted by atomic mass is 19.1. The third kappa shape index (κ3) is 2.74. The van der Waals surface area contributed by atoms with Gasteiger partial charge in [-0.15, -0.1) is 0 Å². The van der Waals surface area contributed by atoms with Gasteiger partial charge in [0.1, 0.15) is 11.6 Å². The first-order valence-corrected chi connectivity index (χ1v) is 6.04. The molecule has 2 N–H and O–H groups in total. The van der Waals surface area contributed by atoms with E-state index >= 15 is 0 Å². The molecule has 19 heavy (non-hydrogen) atoms. The first-order chi connectivity index (χ1) is 9.00. The van der Waals surface area contributed by atoms with Gasteiger partial charge in [-0.25, -0.2) is 8.78 Å². The number of benzene rings is 2. The summed E-state index contributed by atoms with van der Waals surface area (Å²) in [7, 11) is 1.80. The highest BCUT2D eigenvalue weighted by molar-refractivity contribution is 5.66. The van der Waals surface area contributed by atoms with Crippen molar-refractivity contribution in [1.29, 1.82) is 0 Å². The van der Waals surface area contributed by atoms with E-state index in [1.807, 2.05) is 0 Å². The molecular weight excluding hydrogens is 246 g/mol. The average Bonchev–Trinajstić information content (AvgIpc) is 2.38. The van der Waals surface area contributed by atoms with E-state index in [2.05, 4.69) is 0 Å². The third-order valence-electron chi connectivity index (χ3n) is 3.06. The zero-order valence-corrected chi connectivity index (χ0v) is 10.9. The van der Waals surface area contributed by atoms with Gasteiger partial charge in [0, 0.05) is 30.0 Å². The van der Waals surface area contributed by atoms with Crippen molar-refractivity contribution in [3.8, 4) is 0 Å². The van der Waals surface area contributed by atoms with Crippen LogP contribution in [-0.4, -0.2) is 7.05 Å². The Morgan fingerprint density at radius 1 is 1.05 bits per heavy atom. The molecule has 0 radical (unpaired) electrons.